The molecule has 0 spiro atoms. The molecule has 0 aliphatic heterocycles. The Kier molecular flexibility index (Phi) is 4.39. The van der Waals surface area contributed by atoms with Gasteiger partial charge in [-0.25, -0.2) is 9.78 Å². The molecule has 0 fully saturated rings. The molecule has 1 aromatic rings. The largest absolute Gasteiger partial charge is 0.481 e. The average molecular weight is 235 g/mol. The second-order valence-electron chi connectivity index (χ2n) is 3.43. The standard InChI is InChI=1S/C12H13NO4/c1-8-6-9(4-3-5-10(14)15)7-13-11(8)12(16)17-2/h3-4,6-7H,5H2,1-2H3,(H,14,15). The van der Waals surface area contributed by atoms with Gasteiger partial charge in [0.1, 0.15) is 0 Å². The van der Waals surface area contributed by atoms with Crippen molar-refractivity contribution in [1.82, 2.24) is 4.98 Å². The molecule has 0 saturated carbocycles. The maximum atomic E-state index is 11.3. The second kappa shape index (κ2) is 5.79. The van der Waals surface area contributed by atoms with Crippen LogP contribution in [-0.2, 0) is 9.53 Å². The van der Waals surface area contributed by atoms with E-state index in [0.29, 0.717) is 5.56 Å². The number of carbonyl (C=O) groups is 2. The number of rotatable bonds is 4. The molecule has 0 radical (unpaired) electrons. The second-order valence-corrected chi connectivity index (χ2v) is 3.43. The first kappa shape index (κ1) is 12.9. The van der Waals surface area contributed by atoms with Gasteiger partial charge in [0.15, 0.2) is 5.69 Å². The van der Waals surface area contributed by atoms with Gasteiger partial charge < -0.3 is 9.84 Å². The first-order chi connectivity index (χ1) is 8.04. The molecule has 5 heteroatoms. The Hall–Kier alpha value is -2.17. The Morgan fingerprint density at radius 3 is 2.76 bits per heavy atom. The van der Waals surface area contributed by atoms with Gasteiger partial charge in [-0.1, -0.05) is 12.2 Å². The highest BCUT2D eigenvalue weighted by Gasteiger charge is 2.10. The van der Waals surface area contributed by atoms with Crippen molar-refractivity contribution >= 4 is 18.0 Å². The molecule has 0 aromatic carbocycles. The minimum Gasteiger partial charge on any atom is -0.481 e. The number of aromatic nitrogens is 1. The van der Waals surface area contributed by atoms with Crippen LogP contribution < -0.4 is 0 Å². The van der Waals surface area contributed by atoms with Crippen LogP contribution in [0.1, 0.15) is 28.0 Å². The van der Waals surface area contributed by atoms with Crippen LogP contribution in [0.4, 0.5) is 0 Å². The number of hydrogen-bond donors (Lipinski definition) is 1. The zero-order valence-electron chi connectivity index (χ0n) is 9.64. The van der Waals surface area contributed by atoms with Crippen molar-refractivity contribution < 1.29 is 19.4 Å². The molecular formula is C12H13NO4. The Morgan fingerprint density at radius 2 is 2.24 bits per heavy atom. The maximum Gasteiger partial charge on any atom is 0.356 e. The molecule has 1 rings (SSSR count). The molecular weight excluding hydrogens is 222 g/mol. The number of aliphatic carboxylic acids is 1. The van der Waals surface area contributed by atoms with Gasteiger partial charge in [0, 0.05) is 6.20 Å². The lowest BCUT2D eigenvalue weighted by Crippen LogP contribution is -2.06. The predicted molar refractivity (Wildman–Crippen MR) is 61.6 cm³/mol. The minimum absolute atomic E-state index is 0.0438. The summed E-state index contributed by atoms with van der Waals surface area (Å²) in [7, 11) is 1.30. The van der Waals surface area contributed by atoms with Crippen molar-refractivity contribution in [2.24, 2.45) is 0 Å². The zero-order chi connectivity index (χ0) is 12.8. The quantitative estimate of drug-likeness (QED) is 0.803. The molecule has 0 aliphatic carbocycles. The number of carbonyl (C=O) groups excluding carboxylic acids is 1. The fourth-order valence-corrected chi connectivity index (χ4v) is 1.29. The van der Waals surface area contributed by atoms with Gasteiger partial charge in [-0.2, -0.15) is 0 Å². The van der Waals surface area contributed by atoms with Gasteiger partial charge in [0.2, 0.25) is 0 Å². The molecule has 1 heterocycles. The fraction of sp³-hybridized carbons (Fsp3) is 0.250. The lowest BCUT2D eigenvalue weighted by molar-refractivity contribution is -0.135. The van der Waals surface area contributed by atoms with Crippen molar-refractivity contribution in [3.05, 3.63) is 35.2 Å². The summed E-state index contributed by atoms with van der Waals surface area (Å²) in [6, 6.07) is 1.75. The molecule has 0 unspecified atom stereocenters. The van der Waals surface area contributed by atoms with E-state index in [1.165, 1.54) is 19.4 Å². The maximum absolute atomic E-state index is 11.3. The molecule has 0 aliphatic rings. The van der Waals surface area contributed by atoms with E-state index >= 15 is 0 Å². The lowest BCUT2D eigenvalue weighted by atomic mass is 10.1. The highest BCUT2D eigenvalue weighted by Crippen LogP contribution is 2.10. The number of esters is 1. The molecule has 90 valence electrons. The van der Waals surface area contributed by atoms with Crippen LogP contribution in [0.2, 0.25) is 0 Å². The van der Waals surface area contributed by atoms with E-state index in [9.17, 15) is 9.59 Å². The first-order valence-electron chi connectivity index (χ1n) is 4.98. The summed E-state index contributed by atoms with van der Waals surface area (Å²) in [5, 5.41) is 8.47. The van der Waals surface area contributed by atoms with Gasteiger partial charge in [0.25, 0.3) is 0 Å². The van der Waals surface area contributed by atoms with Crippen LogP contribution >= 0.6 is 0 Å². The Labute approximate surface area is 98.7 Å². The summed E-state index contributed by atoms with van der Waals surface area (Å²) >= 11 is 0. The molecule has 1 N–H and O–H groups in total. The van der Waals surface area contributed by atoms with Gasteiger partial charge >= 0.3 is 11.9 Å². The van der Waals surface area contributed by atoms with E-state index < -0.39 is 11.9 Å². The summed E-state index contributed by atoms with van der Waals surface area (Å²) in [4.78, 5) is 25.6. The molecule has 0 amide bonds. The van der Waals surface area contributed by atoms with Gasteiger partial charge in [0.05, 0.1) is 13.5 Å². The third kappa shape index (κ3) is 3.71. The monoisotopic (exact) mass is 235 g/mol. The Bertz CT molecular complexity index is 466. The van der Waals surface area contributed by atoms with E-state index in [1.807, 2.05) is 0 Å². The topological polar surface area (TPSA) is 76.5 Å². The fourth-order valence-electron chi connectivity index (χ4n) is 1.29. The van der Waals surface area contributed by atoms with Crippen molar-refractivity contribution in [2.45, 2.75) is 13.3 Å². The van der Waals surface area contributed by atoms with Crippen LogP contribution in [0.5, 0.6) is 0 Å². The summed E-state index contributed by atoms with van der Waals surface area (Å²) < 4.78 is 4.57. The molecule has 0 atom stereocenters. The van der Waals surface area contributed by atoms with Gasteiger partial charge in [-0.3, -0.25) is 4.79 Å². The summed E-state index contributed by atoms with van der Waals surface area (Å²) in [6.45, 7) is 1.74. The summed E-state index contributed by atoms with van der Waals surface area (Å²) in [6.07, 6.45) is 4.63. The molecule has 5 nitrogen and oxygen atoms in total. The Balaban J connectivity index is 2.85. The molecule has 0 bridgehead atoms. The van der Waals surface area contributed by atoms with Crippen LogP contribution in [0.15, 0.2) is 18.3 Å². The van der Waals surface area contributed by atoms with Crippen LogP contribution in [0.25, 0.3) is 6.08 Å². The third-order valence-corrected chi connectivity index (χ3v) is 2.08. The Morgan fingerprint density at radius 1 is 1.53 bits per heavy atom. The van der Waals surface area contributed by atoms with Crippen LogP contribution in [0, 0.1) is 6.92 Å². The first-order valence-corrected chi connectivity index (χ1v) is 4.98. The normalized spacial score (nSPS) is 10.5. The number of carboxylic acids is 1. The van der Waals surface area contributed by atoms with Crippen LogP contribution in [0.3, 0.4) is 0 Å². The summed E-state index contributed by atoms with van der Waals surface area (Å²) in [5.74, 6) is -1.37. The number of ether oxygens (including phenoxy) is 1. The molecule has 0 saturated heterocycles. The van der Waals surface area contributed by atoms with E-state index in [0.717, 1.165) is 5.56 Å². The van der Waals surface area contributed by atoms with Gasteiger partial charge in [-0.05, 0) is 24.1 Å². The van der Waals surface area contributed by atoms with Crippen molar-refractivity contribution in [1.29, 1.82) is 0 Å². The molecule has 1 aromatic heterocycles. The number of hydrogen-bond acceptors (Lipinski definition) is 4. The van der Waals surface area contributed by atoms with E-state index in [2.05, 4.69) is 9.72 Å². The number of aryl methyl sites for hydroxylation is 1. The number of nitrogens with zero attached hydrogens (tertiary/aromatic N) is 1. The number of carboxylic acid groups (broad SMARTS) is 1. The smallest absolute Gasteiger partial charge is 0.356 e. The number of methoxy groups -OCH3 is 1. The highest BCUT2D eigenvalue weighted by molar-refractivity contribution is 5.88. The number of pyridine rings is 1. The lowest BCUT2D eigenvalue weighted by Gasteiger charge is -2.03. The average Bonchev–Trinajstić information content (AvgIpc) is 2.28. The zero-order valence-corrected chi connectivity index (χ0v) is 9.64. The van der Waals surface area contributed by atoms with Crippen LogP contribution in [-0.4, -0.2) is 29.1 Å². The van der Waals surface area contributed by atoms with Crippen molar-refractivity contribution in [3.8, 4) is 0 Å². The molecule has 17 heavy (non-hydrogen) atoms. The highest BCUT2D eigenvalue weighted by atomic mass is 16.5. The third-order valence-electron chi connectivity index (χ3n) is 2.08. The van der Waals surface area contributed by atoms with Crippen molar-refractivity contribution in [2.75, 3.05) is 7.11 Å². The van der Waals surface area contributed by atoms with Gasteiger partial charge in [-0.15, -0.1) is 0 Å². The van der Waals surface area contributed by atoms with E-state index in [-0.39, 0.29) is 12.1 Å². The van der Waals surface area contributed by atoms with E-state index in [1.54, 1.807) is 19.1 Å². The minimum atomic E-state index is -0.892. The SMILES string of the molecule is COC(=O)c1ncc(C=CCC(=O)O)cc1C. The van der Waals surface area contributed by atoms with E-state index in [4.69, 9.17) is 5.11 Å². The van der Waals surface area contributed by atoms with Crippen molar-refractivity contribution in [3.63, 3.8) is 0 Å². The predicted octanol–water partition coefficient (Wildman–Crippen LogP) is 1.66. The summed E-state index contributed by atoms with van der Waals surface area (Å²) in [5.41, 5.74) is 1.70.